The molecule has 3 N–H and O–H groups in total. The van der Waals surface area contributed by atoms with Gasteiger partial charge in [-0.15, -0.1) is 0 Å². The summed E-state index contributed by atoms with van der Waals surface area (Å²) in [5.41, 5.74) is -0.0127. The Hall–Kier alpha value is -3.15. The summed E-state index contributed by atoms with van der Waals surface area (Å²) in [7, 11) is 0. The van der Waals surface area contributed by atoms with Crippen molar-refractivity contribution in [2.45, 2.75) is 41.5 Å². The summed E-state index contributed by atoms with van der Waals surface area (Å²) in [4.78, 5) is 29.3. The van der Waals surface area contributed by atoms with Crippen LogP contribution in [0.25, 0.3) is 0 Å². The van der Waals surface area contributed by atoms with E-state index in [1.165, 1.54) is 24.4 Å². The predicted octanol–water partition coefficient (Wildman–Crippen LogP) is 4.62. The third-order valence-corrected chi connectivity index (χ3v) is 2.01. The fourth-order valence-corrected chi connectivity index (χ4v) is 1.10. The van der Waals surface area contributed by atoms with Gasteiger partial charge in [0.05, 0.1) is 6.20 Å². The third kappa shape index (κ3) is 22.9. The van der Waals surface area contributed by atoms with E-state index in [0.717, 1.165) is 0 Å². The Kier molecular flexibility index (Phi) is 26.6. The molecule has 0 fully saturated rings. The molecule has 0 unspecified atom stereocenters. The van der Waals surface area contributed by atoms with Gasteiger partial charge < -0.3 is 15.1 Å². The Morgan fingerprint density at radius 1 is 0.778 bits per heavy atom. The lowest BCUT2D eigenvalue weighted by Crippen LogP contribution is -1.98. The number of hydrogen-bond donors (Lipinski definition) is 3. The standard InChI is InChI=1S/3C5H5NO.3C2H6/c7-5-1-3-6-4-2-5;7-5-2-1-3-6-4-5;7-5-3-1-2-4-6-5;3*1-2/h1-4H,(H,6,7);1-4,7H;1-4H,(H,6,7);3*1-2H3. The molecule has 0 amide bonds. The fourth-order valence-electron chi connectivity index (χ4n) is 1.10. The summed E-state index contributed by atoms with van der Waals surface area (Å²) >= 11 is 0. The molecule has 0 aromatic carbocycles. The van der Waals surface area contributed by atoms with Crippen LogP contribution in [0.2, 0.25) is 0 Å². The van der Waals surface area contributed by atoms with E-state index in [9.17, 15) is 9.59 Å². The lowest BCUT2D eigenvalue weighted by molar-refractivity contribution is 0.472. The average Bonchev–Trinajstić information content (AvgIpc) is 2.75. The number of rotatable bonds is 0. The number of nitrogens with one attached hydrogen (secondary N) is 2. The van der Waals surface area contributed by atoms with Crippen molar-refractivity contribution < 1.29 is 5.11 Å². The van der Waals surface area contributed by atoms with Crippen LogP contribution in [0.4, 0.5) is 0 Å². The summed E-state index contributed by atoms with van der Waals surface area (Å²) in [6, 6.07) is 11.1. The van der Waals surface area contributed by atoms with Gasteiger partial charge in [-0.2, -0.15) is 0 Å². The van der Waals surface area contributed by atoms with Gasteiger partial charge in [0.25, 0.3) is 0 Å². The number of nitrogens with zero attached hydrogens (tertiary/aromatic N) is 1. The second-order valence-electron chi connectivity index (χ2n) is 3.67. The molecule has 3 aromatic rings. The van der Waals surface area contributed by atoms with Gasteiger partial charge in [0.2, 0.25) is 5.56 Å². The van der Waals surface area contributed by atoms with Crippen LogP contribution in [0.3, 0.4) is 0 Å². The van der Waals surface area contributed by atoms with E-state index in [0.29, 0.717) is 0 Å². The topological polar surface area (TPSA) is 98.8 Å². The van der Waals surface area contributed by atoms with E-state index in [1.807, 2.05) is 41.5 Å². The maximum atomic E-state index is 10.2. The van der Waals surface area contributed by atoms with Crippen molar-refractivity contribution in [2.75, 3.05) is 0 Å². The molecular weight excluding hydrogens is 342 g/mol. The van der Waals surface area contributed by atoms with Crippen LogP contribution in [0, 0.1) is 0 Å². The van der Waals surface area contributed by atoms with Crippen molar-refractivity contribution in [3.8, 4) is 5.75 Å². The minimum atomic E-state index is -0.0532. The molecular formula is C21H33N3O3. The first-order valence-electron chi connectivity index (χ1n) is 9.04. The van der Waals surface area contributed by atoms with Crippen LogP contribution < -0.4 is 11.0 Å². The molecule has 0 radical (unpaired) electrons. The highest BCUT2D eigenvalue weighted by Crippen LogP contribution is 1.99. The number of H-pyrrole nitrogens is 2. The first kappa shape index (κ1) is 28.6. The van der Waals surface area contributed by atoms with Crippen LogP contribution in [-0.2, 0) is 0 Å². The van der Waals surface area contributed by atoms with Crippen molar-refractivity contribution in [1.29, 1.82) is 0 Å². The van der Waals surface area contributed by atoms with Gasteiger partial charge in [0.15, 0.2) is 5.43 Å². The molecule has 150 valence electrons. The molecule has 6 nitrogen and oxygen atoms in total. The second kappa shape index (κ2) is 25.1. The van der Waals surface area contributed by atoms with Crippen molar-refractivity contribution in [3.63, 3.8) is 0 Å². The molecule has 0 saturated carbocycles. The van der Waals surface area contributed by atoms with E-state index >= 15 is 0 Å². The third-order valence-electron chi connectivity index (χ3n) is 2.01. The zero-order chi connectivity index (χ0) is 21.3. The first-order chi connectivity index (χ1) is 13.2. The minimum absolute atomic E-state index is 0.0405. The molecule has 3 aromatic heterocycles. The van der Waals surface area contributed by atoms with Gasteiger partial charge in [0.1, 0.15) is 5.75 Å². The summed E-state index contributed by atoms with van der Waals surface area (Å²) in [5.74, 6) is 0.211. The van der Waals surface area contributed by atoms with Gasteiger partial charge in [0, 0.05) is 43.0 Å². The largest absolute Gasteiger partial charge is 0.506 e. The summed E-state index contributed by atoms with van der Waals surface area (Å²) in [5, 5.41) is 8.57. The molecule has 0 atom stereocenters. The molecule has 6 heteroatoms. The highest BCUT2D eigenvalue weighted by atomic mass is 16.3. The molecule has 0 spiro atoms. The van der Waals surface area contributed by atoms with Crippen molar-refractivity contribution in [2.24, 2.45) is 0 Å². The smallest absolute Gasteiger partial charge is 0.247 e. The number of aromatic hydroxyl groups is 1. The Labute approximate surface area is 162 Å². The van der Waals surface area contributed by atoms with Crippen LogP contribution in [0.5, 0.6) is 5.75 Å². The van der Waals surface area contributed by atoms with Crippen LogP contribution in [0.15, 0.2) is 83.0 Å². The monoisotopic (exact) mass is 375 g/mol. The van der Waals surface area contributed by atoms with Crippen molar-refractivity contribution in [1.82, 2.24) is 15.0 Å². The van der Waals surface area contributed by atoms with Gasteiger partial charge in [-0.1, -0.05) is 47.6 Å². The van der Waals surface area contributed by atoms with Crippen LogP contribution >= 0.6 is 0 Å². The van der Waals surface area contributed by atoms with Crippen LogP contribution in [0.1, 0.15) is 41.5 Å². The Balaban J connectivity index is -0.000000281. The zero-order valence-corrected chi connectivity index (χ0v) is 17.1. The van der Waals surface area contributed by atoms with E-state index in [2.05, 4.69) is 15.0 Å². The summed E-state index contributed by atoms with van der Waals surface area (Å²) in [6.07, 6.45) is 7.80. The molecule has 0 saturated heterocycles. The van der Waals surface area contributed by atoms with E-state index in [1.54, 1.807) is 49.1 Å². The quantitative estimate of drug-likeness (QED) is 0.534. The summed E-state index contributed by atoms with van der Waals surface area (Å²) < 4.78 is 0. The molecule has 27 heavy (non-hydrogen) atoms. The normalized spacial score (nSPS) is 7.33. The zero-order valence-electron chi connectivity index (χ0n) is 17.1. The maximum absolute atomic E-state index is 10.2. The van der Waals surface area contributed by atoms with Crippen molar-refractivity contribution >= 4 is 0 Å². The number of pyridine rings is 3. The molecule has 3 heterocycles. The van der Waals surface area contributed by atoms with Crippen molar-refractivity contribution in [3.05, 3.63) is 94.0 Å². The molecule has 0 bridgehead atoms. The Bertz CT molecular complexity index is 646. The highest BCUT2D eigenvalue weighted by Gasteiger charge is 1.76. The SMILES string of the molecule is CC.CC.CC.O=c1cc[nH]cc1.O=c1cccc[nH]1.Oc1cccnc1. The van der Waals surface area contributed by atoms with E-state index in [-0.39, 0.29) is 16.7 Å². The molecule has 0 aliphatic carbocycles. The van der Waals surface area contributed by atoms with Gasteiger partial charge in [-0.3, -0.25) is 14.6 Å². The second-order valence-corrected chi connectivity index (χ2v) is 3.67. The number of hydrogen-bond acceptors (Lipinski definition) is 4. The first-order valence-corrected chi connectivity index (χ1v) is 9.04. The van der Waals surface area contributed by atoms with Gasteiger partial charge in [-0.25, -0.2) is 0 Å². The van der Waals surface area contributed by atoms with E-state index in [4.69, 9.17) is 5.11 Å². The predicted molar refractivity (Wildman–Crippen MR) is 114 cm³/mol. The number of aromatic amines is 2. The Morgan fingerprint density at radius 3 is 1.59 bits per heavy atom. The minimum Gasteiger partial charge on any atom is -0.506 e. The fraction of sp³-hybridized carbons (Fsp3) is 0.286. The lowest BCUT2D eigenvalue weighted by atomic mass is 10.5. The lowest BCUT2D eigenvalue weighted by Gasteiger charge is -1.81. The molecule has 3 rings (SSSR count). The number of aromatic nitrogens is 3. The van der Waals surface area contributed by atoms with Gasteiger partial charge >= 0.3 is 0 Å². The summed E-state index contributed by atoms with van der Waals surface area (Å²) in [6.45, 7) is 12.0. The van der Waals surface area contributed by atoms with Crippen LogP contribution in [-0.4, -0.2) is 20.1 Å². The Morgan fingerprint density at radius 2 is 1.37 bits per heavy atom. The molecule has 0 aliphatic heterocycles. The van der Waals surface area contributed by atoms with E-state index < -0.39 is 0 Å². The highest BCUT2D eigenvalue weighted by molar-refractivity contribution is 5.12. The maximum Gasteiger partial charge on any atom is 0.247 e. The average molecular weight is 376 g/mol. The van der Waals surface area contributed by atoms with Gasteiger partial charge in [-0.05, 0) is 18.2 Å². The molecule has 0 aliphatic rings.